The Bertz CT molecular complexity index is 432. The number of guanidine groups is 1. The van der Waals surface area contributed by atoms with Gasteiger partial charge in [-0.05, 0) is 51.5 Å². The molecule has 2 saturated heterocycles. The quantitative estimate of drug-likeness (QED) is 0.273. The number of rotatable bonds is 6. The number of halogens is 1. The van der Waals surface area contributed by atoms with E-state index in [0.29, 0.717) is 12.3 Å². The van der Waals surface area contributed by atoms with E-state index in [4.69, 9.17) is 5.73 Å². The average Bonchev–Trinajstić information content (AvgIpc) is 2.56. The number of hydrogen-bond acceptors (Lipinski definition) is 3. The Morgan fingerprint density at radius 3 is 2.72 bits per heavy atom. The van der Waals surface area contributed by atoms with E-state index in [0.717, 1.165) is 57.4 Å². The van der Waals surface area contributed by atoms with Crippen molar-refractivity contribution in [3.8, 4) is 0 Å². The molecule has 2 fully saturated rings. The predicted molar refractivity (Wildman–Crippen MR) is 114 cm³/mol. The molecule has 0 radical (unpaired) electrons. The summed E-state index contributed by atoms with van der Waals surface area (Å²) >= 11 is 0. The van der Waals surface area contributed by atoms with Gasteiger partial charge in [0.1, 0.15) is 0 Å². The van der Waals surface area contributed by atoms with Crippen molar-refractivity contribution in [1.29, 1.82) is 0 Å². The summed E-state index contributed by atoms with van der Waals surface area (Å²) in [4.78, 5) is 20.5. The van der Waals surface area contributed by atoms with Crippen LogP contribution in [0.5, 0.6) is 0 Å². The first kappa shape index (κ1) is 22.5. The highest BCUT2D eigenvalue weighted by molar-refractivity contribution is 14.0. The van der Waals surface area contributed by atoms with Crippen LogP contribution in [-0.2, 0) is 4.79 Å². The zero-order chi connectivity index (χ0) is 17.4. The molecule has 146 valence electrons. The lowest BCUT2D eigenvalue weighted by molar-refractivity contribution is -0.119. The molecule has 2 aliphatic rings. The Hall–Kier alpha value is -0.570. The third kappa shape index (κ3) is 7.68. The van der Waals surface area contributed by atoms with E-state index in [2.05, 4.69) is 27.0 Å². The Labute approximate surface area is 170 Å². The normalized spacial score (nSPS) is 25.4. The maximum Gasteiger partial charge on any atom is 0.217 e. The van der Waals surface area contributed by atoms with Crippen LogP contribution in [0.3, 0.4) is 0 Å². The maximum absolute atomic E-state index is 11.2. The van der Waals surface area contributed by atoms with Crippen LogP contribution in [0, 0.1) is 5.92 Å². The second-order valence-corrected chi connectivity index (χ2v) is 7.33. The molecule has 0 bridgehead atoms. The predicted octanol–water partition coefficient (Wildman–Crippen LogP) is 2.03. The molecule has 0 aromatic heterocycles. The van der Waals surface area contributed by atoms with Gasteiger partial charge in [-0.3, -0.25) is 9.79 Å². The molecule has 2 rings (SSSR count). The lowest BCUT2D eigenvalue weighted by atomic mass is 9.95. The van der Waals surface area contributed by atoms with Gasteiger partial charge < -0.3 is 20.9 Å². The van der Waals surface area contributed by atoms with Crippen LogP contribution in [0.4, 0.5) is 0 Å². The van der Waals surface area contributed by atoms with Gasteiger partial charge in [-0.15, -0.1) is 24.0 Å². The van der Waals surface area contributed by atoms with Gasteiger partial charge in [0.05, 0.1) is 0 Å². The molecule has 2 heterocycles. The van der Waals surface area contributed by atoms with Crippen LogP contribution in [0.15, 0.2) is 4.99 Å². The lowest BCUT2D eigenvalue weighted by Crippen LogP contribution is -2.47. The van der Waals surface area contributed by atoms with Crippen molar-refractivity contribution in [2.24, 2.45) is 16.6 Å². The van der Waals surface area contributed by atoms with Gasteiger partial charge in [-0.1, -0.05) is 6.42 Å². The van der Waals surface area contributed by atoms with Crippen LogP contribution in [0.1, 0.15) is 51.9 Å². The highest BCUT2D eigenvalue weighted by atomic mass is 127. The number of carbonyl (C=O) groups is 1. The minimum atomic E-state index is -0.194. The number of carbonyl (C=O) groups excluding carboxylic acids is 1. The molecule has 7 heteroatoms. The van der Waals surface area contributed by atoms with Gasteiger partial charge >= 0.3 is 0 Å². The molecule has 0 aliphatic carbocycles. The van der Waals surface area contributed by atoms with E-state index in [1.165, 1.54) is 25.8 Å². The number of nitrogens with zero attached hydrogens (tertiary/aromatic N) is 3. The first-order chi connectivity index (χ1) is 11.6. The third-order valence-corrected chi connectivity index (χ3v) is 5.37. The molecule has 2 aliphatic heterocycles. The van der Waals surface area contributed by atoms with Gasteiger partial charge in [0, 0.05) is 45.7 Å². The smallest absolute Gasteiger partial charge is 0.217 e. The molecular formula is C18H36IN5O. The van der Waals surface area contributed by atoms with Crippen LogP contribution in [0.2, 0.25) is 0 Å². The fourth-order valence-electron chi connectivity index (χ4n) is 4.01. The van der Waals surface area contributed by atoms with E-state index in [9.17, 15) is 4.79 Å². The summed E-state index contributed by atoms with van der Waals surface area (Å²) in [6, 6.07) is 0.731. The second-order valence-electron chi connectivity index (χ2n) is 7.33. The van der Waals surface area contributed by atoms with Gasteiger partial charge in [-0.2, -0.15) is 0 Å². The van der Waals surface area contributed by atoms with Crippen molar-refractivity contribution in [3.63, 3.8) is 0 Å². The monoisotopic (exact) mass is 465 g/mol. The molecule has 1 amide bonds. The number of nitrogens with two attached hydrogens (primary N) is 1. The highest BCUT2D eigenvalue weighted by Crippen LogP contribution is 2.19. The van der Waals surface area contributed by atoms with Gasteiger partial charge in [0.25, 0.3) is 0 Å². The Kier molecular flexibility index (Phi) is 10.7. The van der Waals surface area contributed by atoms with Crippen LogP contribution in [0.25, 0.3) is 0 Å². The topological polar surface area (TPSA) is 74.0 Å². The van der Waals surface area contributed by atoms with Crippen molar-refractivity contribution in [2.45, 2.75) is 57.9 Å². The fraction of sp³-hybridized carbons (Fsp3) is 0.889. The molecule has 3 N–H and O–H groups in total. The van der Waals surface area contributed by atoms with Crippen LogP contribution in [-0.4, -0.2) is 67.5 Å². The molecular weight excluding hydrogens is 429 g/mol. The van der Waals surface area contributed by atoms with Crippen molar-refractivity contribution >= 4 is 35.8 Å². The first-order valence-electron chi connectivity index (χ1n) is 9.58. The summed E-state index contributed by atoms with van der Waals surface area (Å²) in [6.45, 7) is 7.60. The molecule has 0 aromatic rings. The van der Waals surface area contributed by atoms with Crippen LogP contribution < -0.4 is 11.1 Å². The number of amides is 1. The summed E-state index contributed by atoms with van der Waals surface area (Å²) in [5, 5.41) is 3.50. The molecule has 0 aromatic carbocycles. The van der Waals surface area contributed by atoms with E-state index >= 15 is 0 Å². The largest absolute Gasteiger partial charge is 0.370 e. The van der Waals surface area contributed by atoms with Gasteiger partial charge in [-0.25, -0.2) is 0 Å². The van der Waals surface area contributed by atoms with Crippen molar-refractivity contribution in [1.82, 2.24) is 15.1 Å². The lowest BCUT2D eigenvalue weighted by Gasteiger charge is -2.35. The van der Waals surface area contributed by atoms with Crippen molar-refractivity contribution in [3.05, 3.63) is 0 Å². The zero-order valence-electron chi connectivity index (χ0n) is 15.9. The van der Waals surface area contributed by atoms with Gasteiger partial charge in [0.2, 0.25) is 5.91 Å². The maximum atomic E-state index is 11.2. The van der Waals surface area contributed by atoms with Gasteiger partial charge in [0.15, 0.2) is 5.96 Å². The molecule has 0 saturated carbocycles. The summed E-state index contributed by atoms with van der Waals surface area (Å²) in [7, 11) is 1.84. The minimum Gasteiger partial charge on any atom is -0.370 e. The third-order valence-electron chi connectivity index (χ3n) is 5.37. The SMILES string of the molecule is CN=C(NCCCN1CCCCC1C)N1CCCC(CC(N)=O)C1.I. The van der Waals surface area contributed by atoms with E-state index in [1.54, 1.807) is 0 Å². The number of aliphatic imine (C=N–C) groups is 1. The van der Waals surface area contributed by atoms with E-state index in [-0.39, 0.29) is 29.9 Å². The van der Waals surface area contributed by atoms with Crippen LogP contribution >= 0.6 is 24.0 Å². The molecule has 0 spiro atoms. The number of likely N-dealkylation sites (tertiary alicyclic amines) is 2. The summed E-state index contributed by atoms with van der Waals surface area (Å²) in [6.07, 6.45) is 7.87. The molecule has 2 atom stereocenters. The Balaban J connectivity index is 0.00000312. The Morgan fingerprint density at radius 1 is 1.24 bits per heavy atom. The van der Waals surface area contributed by atoms with E-state index in [1.807, 2.05) is 7.05 Å². The Morgan fingerprint density at radius 2 is 2.04 bits per heavy atom. The van der Waals surface area contributed by atoms with Crippen molar-refractivity contribution in [2.75, 3.05) is 39.8 Å². The fourth-order valence-corrected chi connectivity index (χ4v) is 4.01. The minimum absolute atomic E-state index is 0. The second kappa shape index (κ2) is 11.9. The molecule has 25 heavy (non-hydrogen) atoms. The number of hydrogen-bond donors (Lipinski definition) is 2. The highest BCUT2D eigenvalue weighted by Gasteiger charge is 2.23. The summed E-state index contributed by atoms with van der Waals surface area (Å²) < 4.78 is 0. The summed E-state index contributed by atoms with van der Waals surface area (Å²) in [5.74, 6) is 1.14. The first-order valence-corrected chi connectivity index (χ1v) is 9.58. The van der Waals surface area contributed by atoms with E-state index < -0.39 is 0 Å². The van der Waals surface area contributed by atoms with Crippen molar-refractivity contribution < 1.29 is 4.79 Å². The zero-order valence-corrected chi connectivity index (χ0v) is 18.2. The summed E-state index contributed by atoms with van der Waals surface area (Å²) in [5.41, 5.74) is 5.35. The average molecular weight is 465 g/mol. The number of piperidine rings is 2. The molecule has 6 nitrogen and oxygen atoms in total. The number of nitrogens with one attached hydrogen (secondary N) is 1. The number of primary amides is 1. The molecule has 2 unspecified atom stereocenters. The standard InChI is InChI=1S/C18H35N5O.HI/c1-15-7-3-4-10-22(15)12-6-9-21-18(20-2)23-11-5-8-16(14-23)13-17(19)24;/h15-16H,3-14H2,1-2H3,(H2,19,24)(H,20,21);1H.